The maximum Gasteiger partial charge on any atom is 0.306 e. The van der Waals surface area contributed by atoms with E-state index in [-0.39, 0.29) is 78.6 Å². The number of benzene rings is 1. The number of ketones is 2. The Balaban J connectivity index is 1.87. The molecule has 42 heavy (non-hydrogen) atoms. The lowest BCUT2D eigenvalue weighted by atomic mass is 9.94. The maximum atomic E-state index is 15.4. The highest BCUT2D eigenvalue weighted by Gasteiger charge is 2.37. The van der Waals surface area contributed by atoms with Gasteiger partial charge in [0.15, 0.2) is 22.8 Å². The van der Waals surface area contributed by atoms with Crippen LogP contribution in [0.1, 0.15) is 67.2 Å². The third-order valence-corrected chi connectivity index (χ3v) is 6.52. The van der Waals surface area contributed by atoms with Crippen LogP contribution in [0.4, 0.5) is 26.2 Å². The number of aliphatic carboxylic acids is 2. The maximum absolute atomic E-state index is 15.4. The first-order valence-electron chi connectivity index (χ1n) is 12.9. The second-order valence-electron chi connectivity index (χ2n) is 9.92. The van der Waals surface area contributed by atoms with E-state index in [2.05, 4.69) is 19.9 Å². The lowest BCUT2D eigenvalue weighted by Gasteiger charge is -2.24. The Morgan fingerprint density at radius 1 is 1.00 bits per heavy atom. The zero-order chi connectivity index (χ0) is 31.2. The molecule has 0 aliphatic rings. The van der Waals surface area contributed by atoms with Crippen LogP contribution in [-0.4, -0.2) is 60.7 Å². The standard InChI is InChI=1S/C27H31F2N7O6/c1-14(37)4-3-11-27(28,29)22-18(32-21-23(30)34-26(31)35-24(21)33-22)13-36(2)17-8-5-15(6-9-17)19(38)12-16(25(41)42)7-10-20(39)40/h5-6,8-9,16H,3-4,7,10-13H2,1-2H3,(H,39,40)(H,41,42)(H4,30,31,33,34,35). The first kappa shape index (κ1) is 31.7. The van der Waals surface area contributed by atoms with Crippen molar-refractivity contribution < 1.29 is 38.2 Å². The number of carboxylic acid groups (broad SMARTS) is 2. The van der Waals surface area contributed by atoms with E-state index in [1.54, 1.807) is 24.1 Å². The van der Waals surface area contributed by atoms with Crippen LogP contribution in [0.25, 0.3) is 11.2 Å². The zero-order valence-corrected chi connectivity index (χ0v) is 23.0. The molecule has 0 spiro atoms. The number of anilines is 3. The Morgan fingerprint density at radius 2 is 1.67 bits per heavy atom. The summed E-state index contributed by atoms with van der Waals surface area (Å²) in [5, 5.41) is 18.2. The molecular formula is C27H31F2N7O6. The van der Waals surface area contributed by atoms with Crippen LogP contribution in [0, 0.1) is 5.92 Å². The summed E-state index contributed by atoms with van der Waals surface area (Å²) in [6.45, 7) is 1.16. The van der Waals surface area contributed by atoms with Gasteiger partial charge in [0, 0.05) is 44.0 Å². The van der Waals surface area contributed by atoms with Gasteiger partial charge in [-0.3, -0.25) is 14.4 Å². The van der Waals surface area contributed by atoms with Crippen LogP contribution in [0.15, 0.2) is 24.3 Å². The molecule has 1 unspecified atom stereocenters. The van der Waals surface area contributed by atoms with Crippen molar-refractivity contribution in [2.75, 3.05) is 23.4 Å². The van der Waals surface area contributed by atoms with E-state index in [0.717, 1.165) is 0 Å². The molecule has 3 rings (SSSR count). The molecule has 0 aliphatic carbocycles. The minimum atomic E-state index is -3.46. The van der Waals surface area contributed by atoms with Crippen molar-refractivity contribution in [2.24, 2.45) is 5.92 Å². The molecule has 2 aromatic heterocycles. The summed E-state index contributed by atoms with van der Waals surface area (Å²) in [6, 6.07) is 6.03. The molecular weight excluding hydrogens is 556 g/mol. The number of fused-ring (bicyclic) bond motifs is 1. The topological polar surface area (TPSA) is 216 Å². The molecule has 224 valence electrons. The number of Topliss-reactive ketones (excluding diaryl/α,β-unsaturated/α-hetero) is 2. The van der Waals surface area contributed by atoms with Crippen molar-refractivity contribution in [3.05, 3.63) is 41.2 Å². The molecule has 13 nitrogen and oxygen atoms in total. The first-order valence-corrected chi connectivity index (χ1v) is 12.9. The number of hydrogen-bond donors (Lipinski definition) is 4. The number of halogens is 2. The number of carboxylic acids is 2. The fourth-order valence-corrected chi connectivity index (χ4v) is 4.27. The molecule has 6 N–H and O–H groups in total. The molecule has 15 heteroatoms. The van der Waals surface area contributed by atoms with E-state index in [9.17, 15) is 24.3 Å². The van der Waals surface area contributed by atoms with Gasteiger partial charge in [-0.1, -0.05) is 0 Å². The molecule has 0 bridgehead atoms. The average molecular weight is 588 g/mol. The molecule has 0 fully saturated rings. The second kappa shape index (κ2) is 13.2. The van der Waals surface area contributed by atoms with Crippen molar-refractivity contribution in [3.8, 4) is 0 Å². The van der Waals surface area contributed by atoms with Crippen LogP contribution in [0.2, 0.25) is 0 Å². The smallest absolute Gasteiger partial charge is 0.306 e. The minimum absolute atomic E-state index is 0.00675. The summed E-state index contributed by atoms with van der Waals surface area (Å²) in [5.41, 5.74) is 11.3. The Morgan fingerprint density at radius 3 is 2.26 bits per heavy atom. The SMILES string of the molecule is CC(=O)CCCC(F)(F)c1nc2nc(N)nc(N)c2nc1CN(C)c1ccc(C(=O)CC(CCC(=O)O)C(=O)O)cc1. The van der Waals surface area contributed by atoms with Gasteiger partial charge in [0.05, 0.1) is 18.2 Å². The largest absolute Gasteiger partial charge is 0.481 e. The number of alkyl halides is 2. The fraction of sp³-hybridized carbons (Fsp3) is 0.407. The van der Waals surface area contributed by atoms with Gasteiger partial charge in [0.1, 0.15) is 11.5 Å². The molecule has 0 saturated carbocycles. The number of nitrogens with two attached hydrogens (primary N) is 2. The highest BCUT2D eigenvalue weighted by atomic mass is 19.3. The third kappa shape index (κ3) is 8.11. The molecule has 0 amide bonds. The van der Waals surface area contributed by atoms with E-state index in [4.69, 9.17) is 16.6 Å². The van der Waals surface area contributed by atoms with Crippen molar-refractivity contribution in [2.45, 2.75) is 57.9 Å². The van der Waals surface area contributed by atoms with Crippen molar-refractivity contribution in [1.82, 2.24) is 19.9 Å². The Bertz CT molecular complexity index is 1500. The van der Waals surface area contributed by atoms with Gasteiger partial charge < -0.3 is 31.4 Å². The number of nitrogens with zero attached hydrogens (tertiary/aromatic N) is 5. The van der Waals surface area contributed by atoms with Gasteiger partial charge in [0.2, 0.25) is 5.95 Å². The number of carbonyl (C=O) groups is 4. The summed E-state index contributed by atoms with van der Waals surface area (Å²) in [5.74, 6) is -8.12. The van der Waals surface area contributed by atoms with Crippen molar-refractivity contribution >= 4 is 52.1 Å². The van der Waals surface area contributed by atoms with Crippen LogP contribution >= 0.6 is 0 Å². The molecule has 2 heterocycles. The van der Waals surface area contributed by atoms with E-state index < -0.39 is 41.7 Å². The van der Waals surface area contributed by atoms with Gasteiger partial charge in [-0.05, 0) is 44.0 Å². The Labute approximate surface area is 239 Å². The van der Waals surface area contributed by atoms with Crippen molar-refractivity contribution in [1.29, 1.82) is 0 Å². The quantitative estimate of drug-likeness (QED) is 0.188. The van der Waals surface area contributed by atoms with E-state index in [1.807, 2.05) is 0 Å². The number of rotatable bonds is 15. The van der Waals surface area contributed by atoms with Crippen LogP contribution in [-0.2, 0) is 26.9 Å². The number of aromatic nitrogens is 4. The van der Waals surface area contributed by atoms with Crippen LogP contribution < -0.4 is 16.4 Å². The van der Waals surface area contributed by atoms with E-state index in [0.29, 0.717) is 5.69 Å². The molecule has 0 saturated heterocycles. The van der Waals surface area contributed by atoms with Crippen LogP contribution in [0.5, 0.6) is 0 Å². The normalized spacial score (nSPS) is 12.2. The van der Waals surface area contributed by atoms with Crippen LogP contribution in [0.3, 0.4) is 0 Å². The summed E-state index contributed by atoms with van der Waals surface area (Å²) in [4.78, 5) is 63.9. The average Bonchev–Trinajstić information content (AvgIpc) is 2.90. The summed E-state index contributed by atoms with van der Waals surface area (Å²) < 4.78 is 30.8. The summed E-state index contributed by atoms with van der Waals surface area (Å²) in [6.07, 6.45) is -1.69. The number of nitrogen functional groups attached to an aromatic ring is 2. The first-order chi connectivity index (χ1) is 19.7. The fourth-order valence-electron chi connectivity index (χ4n) is 4.27. The van der Waals surface area contributed by atoms with E-state index in [1.165, 1.54) is 19.1 Å². The number of carbonyl (C=O) groups excluding carboxylic acids is 2. The highest BCUT2D eigenvalue weighted by Crippen LogP contribution is 2.36. The summed E-state index contributed by atoms with van der Waals surface area (Å²) in [7, 11) is 1.61. The Hall–Kier alpha value is -4.82. The Kier molecular flexibility index (Phi) is 9.99. The monoisotopic (exact) mass is 587 g/mol. The molecule has 0 aliphatic heterocycles. The molecule has 1 atom stereocenters. The number of hydrogen-bond acceptors (Lipinski definition) is 11. The molecule has 1 aromatic carbocycles. The zero-order valence-electron chi connectivity index (χ0n) is 23.0. The predicted molar refractivity (Wildman–Crippen MR) is 148 cm³/mol. The van der Waals surface area contributed by atoms with Gasteiger partial charge in [0.25, 0.3) is 5.92 Å². The minimum Gasteiger partial charge on any atom is -0.481 e. The van der Waals surface area contributed by atoms with E-state index >= 15 is 8.78 Å². The third-order valence-electron chi connectivity index (χ3n) is 6.52. The molecule has 0 radical (unpaired) electrons. The van der Waals surface area contributed by atoms with Gasteiger partial charge in [-0.15, -0.1) is 0 Å². The summed E-state index contributed by atoms with van der Waals surface area (Å²) >= 11 is 0. The lowest BCUT2D eigenvalue weighted by Crippen LogP contribution is -2.25. The van der Waals surface area contributed by atoms with Gasteiger partial charge in [-0.2, -0.15) is 18.7 Å². The van der Waals surface area contributed by atoms with Crippen molar-refractivity contribution in [3.63, 3.8) is 0 Å². The molecule has 3 aromatic rings. The lowest BCUT2D eigenvalue weighted by molar-refractivity contribution is -0.142. The highest BCUT2D eigenvalue weighted by molar-refractivity contribution is 5.98. The van der Waals surface area contributed by atoms with Gasteiger partial charge in [-0.25, -0.2) is 9.97 Å². The predicted octanol–water partition coefficient (Wildman–Crippen LogP) is 3.21. The second-order valence-corrected chi connectivity index (χ2v) is 9.92. The van der Waals surface area contributed by atoms with Gasteiger partial charge >= 0.3 is 11.9 Å².